The second-order valence-corrected chi connectivity index (χ2v) is 10.2. The molecule has 0 bridgehead atoms. The minimum absolute atomic E-state index is 0.0125. The summed E-state index contributed by atoms with van der Waals surface area (Å²) in [5.41, 5.74) is 3.47. The van der Waals surface area contributed by atoms with Gasteiger partial charge in [-0.25, -0.2) is 0 Å². The minimum Gasteiger partial charge on any atom is -0.493 e. The van der Waals surface area contributed by atoms with Crippen LogP contribution in [0.2, 0.25) is 0 Å². The molecule has 0 aromatic heterocycles. The van der Waals surface area contributed by atoms with Gasteiger partial charge in [0, 0.05) is 12.1 Å². The van der Waals surface area contributed by atoms with Gasteiger partial charge in [-0.3, -0.25) is 24.6 Å². The first-order chi connectivity index (χ1) is 17.2. The van der Waals surface area contributed by atoms with Crippen LogP contribution in [0.25, 0.3) is 6.08 Å². The molecule has 0 unspecified atom stereocenters. The third-order valence-electron chi connectivity index (χ3n) is 5.41. The number of non-ortho nitro benzene ring substituents is 1. The van der Waals surface area contributed by atoms with Crippen molar-refractivity contribution in [3.8, 4) is 11.5 Å². The van der Waals surface area contributed by atoms with Crippen LogP contribution in [0.4, 0.5) is 10.5 Å². The van der Waals surface area contributed by atoms with Crippen LogP contribution in [0.3, 0.4) is 0 Å². The Morgan fingerprint density at radius 2 is 1.72 bits per heavy atom. The van der Waals surface area contributed by atoms with Gasteiger partial charge in [-0.1, -0.05) is 29.8 Å². The number of nitro benzene ring substituents is 1. The highest BCUT2D eigenvalue weighted by atomic mass is 127. The molecule has 3 aromatic rings. The fourth-order valence-corrected chi connectivity index (χ4v) is 5.12. The predicted octanol–water partition coefficient (Wildman–Crippen LogP) is 6.33. The van der Waals surface area contributed by atoms with Gasteiger partial charge in [0.25, 0.3) is 16.8 Å². The van der Waals surface area contributed by atoms with Gasteiger partial charge >= 0.3 is 0 Å². The molecule has 0 N–H and O–H groups in total. The van der Waals surface area contributed by atoms with Gasteiger partial charge in [-0.15, -0.1) is 0 Å². The molecular formula is C26H21IN2O6S. The molecule has 1 saturated heterocycles. The number of imide groups is 1. The number of aryl methyl sites for hydroxylation is 1. The van der Waals surface area contributed by atoms with Gasteiger partial charge in [0.2, 0.25) is 0 Å². The lowest BCUT2D eigenvalue weighted by Gasteiger charge is -2.14. The van der Waals surface area contributed by atoms with Gasteiger partial charge in [-0.2, -0.15) is 0 Å². The van der Waals surface area contributed by atoms with Crippen molar-refractivity contribution in [2.75, 3.05) is 7.11 Å². The van der Waals surface area contributed by atoms with Gasteiger partial charge < -0.3 is 9.47 Å². The van der Waals surface area contributed by atoms with Crippen molar-refractivity contribution < 1.29 is 24.0 Å². The van der Waals surface area contributed by atoms with E-state index < -0.39 is 4.92 Å². The molecule has 36 heavy (non-hydrogen) atoms. The Morgan fingerprint density at radius 3 is 2.36 bits per heavy atom. The third-order valence-corrected chi connectivity index (χ3v) is 7.12. The molecule has 0 saturated carbocycles. The summed E-state index contributed by atoms with van der Waals surface area (Å²) in [6, 6.07) is 17.4. The number of hydrogen-bond acceptors (Lipinski definition) is 7. The van der Waals surface area contributed by atoms with E-state index in [1.165, 1.54) is 24.1 Å². The molecule has 0 aliphatic carbocycles. The third kappa shape index (κ3) is 5.88. The van der Waals surface area contributed by atoms with E-state index in [0.717, 1.165) is 32.0 Å². The number of nitrogens with zero attached hydrogens (tertiary/aromatic N) is 2. The first-order valence-corrected chi connectivity index (χ1v) is 12.7. The van der Waals surface area contributed by atoms with E-state index in [1.807, 2.05) is 37.3 Å². The number of carbonyl (C=O) groups excluding carboxylic acids is 2. The summed E-state index contributed by atoms with van der Waals surface area (Å²) in [7, 11) is 1.52. The van der Waals surface area contributed by atoms with Gasteiger partial charge in [0.15, 0.2) is 11.5 Å². The minimum atomic E-state index is -0.452. The average Bonchev–Trinajstić information content (AvgIpc) is 3.11. The quantitative estimate of drug-likeness (QED) is 0.126. The molecule has 0 radical (unpaired) electrons. The molecule has 1 heterocycles. The molecule has 3 aromatic carbocycles. The second-order valence-electron chi connectivity index (χ2n) is 8.00. The van der Waals surface area contributed by atoms with E-state index in [9.17, 15) is 19.7 Å². The average molecular weight is 616 g/mol. The zero-order valence-corrected chi connectivity index (χ0v) is 22.4. The van der Waals surface area contributed by atoms with Crippen molar-refractivity contribution in [3.05, 3.63) is 102 Å². The monoisotopic (exact) mass is 616 g/mol. The summed E-state index contributed by atoms with van der Waals surface area (Å²) < 4.78 is 12.2. The Kier molecular flexibility index (Phi) is 7.94. The van der Waals surface area contributed by atoms with Crippen LogP contribution in [0.1, 0.15) is 22.3 Å². The number of benzene rings is 3. The number of ether oxygens (including phenoxy) is 2. The maximum Gasteiger partial charge on any atom is 0.293 e. The summed E-state index contributed by atoms with van der Waals surface area (Å²) >= 11 is 3.03. The predicted molar refractivity (Wildman–Crippen MR) is 146 cm³/mol. The number of amides is 2. The van der Waals surface area contributed by atoms with E-state index in [2.05, 4.69) is 22.6 Å². The fourth-order valence-electron chi connectivity index (χ4n) is 3.50. The molecule has 10 heteroatoms. The molecule has 184 valence electrons. The number of nitro groups is 1. The van der Waals surface area contributed by atoms with Crippen LogP contribution in [0.5, 0.6) is 11.5 Å². The summed E-state index contributed by atoms with van der Waals surface area (Å²) in [6.07, 6.45) is 1.67. The van der Waals surface area contributed by atoms with E-state index in [1.54, 1.807) is 24.3 Å². The molecule has 0 atom stereocenters. The molecule has 0 spiro atoms. The van der Waals surface area contributed by atoms with Crippen molar-refractivity contribution in [3.63, 3.8) is 0 Å². The number of methoxy groups -OCH3 is 1. The van der Waals surface area contributed by atoms with Crippen molar-refractivity contribution >= 4 is 57.3 Å². The van der Waals surface area contributed by atoms with Crippen molar-refractivity contribution in [2.45, 2.75) is 20.1 Å². The smallest absolute Gasteiger partial charge is 0.293 e. The van der Waals surface area contributed by atoms with Gasteiger partial charge in [0.1, 0.15) is 6.61 Å². The molecule has 1 aliphatic rings. The molecule has 2 amide bonds. The molecule has 8 nitrogen and oxygen atoms in total. The number of carbonyl (C=O) groups is 2. The Morgan fingerprint density at radius 1 is 1.06 bits per heavy atom. The SMILES string of the molecule is COc1cc(/C=C2\SC(=O)N(Cc3ccc(C)cc3)C2=O)cc(I)c1OCc1ccc([N+](=O)[O-])cc1. The topological polar surface area (TPSA) is 99.0 Å². The summed E-state index contributed by atoms with van der Waals surface area (Å²) in [5, 5.41) is 10.5. The number of rotatable bonds is 8. The highest BCUT2D eigenvalue weighted by molar-refractivity contribution is 14.1. The number of hydrogen-bond donors (Lipinski definition) is 0. The van der Waals surface area contributed by atoms with E-state index >= 15 is 0 Å². The zero-order valence-electron chi connectivity index (χ0n) is 19.4. The fraction of sp³-hybridized carbons (Fsp3) is 0.154. The van der Waals surface area contributed by atoms with Crippen molar-refractivity contribution in [2.24, 2.45) is 0 Å². The Labute approximate surface area is 225 Å². The summed E-state index contributed by atoms with van der Waals surface area (Å²) in [6.45, 7) is 2.40. The van der Waals surface area contributed by atoms with Gasteiger partial charge in [0.05, 0.1) is 27.1 Å². The maximum absolute atomic E-state index is 12.9. The van der Waals surface area contributed by atoms with Crippen LogP contribution in [-0.2, 0) is 17.9 Å². The van der Waals surface area contributed by atoms with Crippen LogP contribution in [0.15, 0.2) is 65.6 Å². The largest absolute Gasteiger partial charge is 0.493 e. The Hall–Kier alpha value is -3.38. The lowest BCUT2D eigenvalue weighted by atomic mass is 10.1. The van der Waals surface area contributed by atoms with Crippen LogP contribution < -0.4 is 9.47 Å². The first kappa shape index (κ1) is 25.7. The summed E-state index contributed by atoms with van der Waals surface area (Å²) in [5.74, 6) is 0.646. The Balaban J connectivity index is 1.50. The lowest BCUT2D eigenvalue weighted by Crippen LogP contribution is -2.27. The van der Waals surface area contributed by atoms with Crippen molar-refractivity contribution in [1.29, 1.82) is 0 Å². The molecule has 4 rings (SSSR count). The standard InChI is InChI=1S/C26H21IN2O6S/c1-16-3-5-17(6-4-16)14-28-25(30)23(36-26(28)31)13-19-11-21(27)24(22(12-19)34-2)35-15-18-7-9-20(10-8-18)29(32)33/h3-13H,14-15H2,1-2H3/b23-13-. The molecule has 1 aliphatic heterocycles. The summed E-state index contributed by atoms with van der Waals surface area (Å²) in [4.78, 5) is 37.4. The van der Waals surface area contributed by atoms with Gasteiger partial charge in [-0.05, 0) is 88.3 Å². The van der Waals surface area contributed by atoms with Crippen LogP contribution >= 0.6 is 34.4 Å². The first-order valence-electron chi connectivity index (χ1n) is 10.8. The number of thioether (sulfide) groups is 1. The molecular weight excluding hydrogens is 595 g/mol. The normalized spacial score (nSPS) is 14.4. The highest BCUT2D eigenvalue weighted by Gasteiger charge is 2.35. The van der Waals surface area contributed by atoms with Crippen LogP contribution in [-0.4, -0.2) is 28.1 Å². The second kappa shape index (κ2) is 11.1. The maximum atomic E-state index is 12.9. The van der Waals surface area contributed by atoms with Crippen molar-refractivity contribution in [1.82, 2.24) is 4.90 Å². The van der Waals surface area contributed by atoms with Crippen LogP contribution in [0, 0.1) is 20.6 Å². The van der Waals surface area contributed by atoms with E-state index in [0.29, 0.717) is 22.0 Å². The highest BCUT2D eigenvalue weighted by Crippen LogP contribution is 2.38. The number of halogens is 1. The lowest BCUT2D eigenvalue weighted by molar-refractivity contribution is -0.384. The Bertz CT molecular complexity index is 1360. The zero-order chi connectivity index (χ0) is 25.8. The van der Waals surface area contributed by atoms with E-state index in [4.69, 9.17) is 9.47 Å². The van der Waals surface area contributed by atoms with E-state index in [-0.39, 0.29) is 30.0 Å². The molecule has 1 fully saturated rings.